The van der Waals surface area contributed by atoms with Crippen molar-refractivity contribution in [2.45, 2.75) is 26.2 Å². The maximum absolute atomic E-state index is 13.1. The fourth-order valence-electron chi connectivity index (χ4n) is 1.63. The number of hydrogen-bond acceptors (Lipinski definition) is 5. The molecule has 114 valence electrons. The quantitative estimate of drug-likeness (QED) is 0.879. The second kappa shape index (κ2) is 6.13. The lowest BCUT2D eigenvalue weighted by atomic mass is 9.87. The zero-order chi connectivity index (χ0) is 15.5. The molecule has 21 heavy (non-hydrogen) atoms. The molecule has 0 amide bonds. The average Bonchev–Trinajstić information content (AvgIpc) is 3.00. The van der Waals surface area contributed by atoms with E-state index in [1.807, 2.05) is 0 Å². The maximum Gasteiger partial charge on any atom is 0.221 e. The highest BCUT2D eigenvalue weighted by molar-refractivity contribution is 5.11. The Morgan fingerprint density at radius 2 is 2.19 bits per heavy atom. The number of ether oxygens (including phenoxy) is 1. The van der Waals surface area contributed by atoms with Gasteiger partial charge in [-0.15, -0.1) is 0 Å². The topological polar surface area (TPSA) is 73.1 Å². The summed E-state index contributed by atoms with van der Waals surface area (Å²) in [4.78, 5) is 7.53. The Morgan fingerprint density at radius 3 is 2.71 bits per heavy atom. The van der Waals surface area contributed by atoms with Gasteiger partial charge in [-0.25, -0.2) is 19.0 Å². The molecule has 0 aromatic carbocycles. The molecule has 8 heteroatoms. The second-order valence-electron chi connectivity index (χ2n) is 5.27. The fraction of sp³-hybridized carbons (Fsp3) is 0.462. The number of pyridine rings is 1. The predicted octanol–water partition coefficient (Wildman–Crippen LogP) is 1.75. The highest BCUT2D eigenvalue weighted by Gasteiger charge is 2.37. The van der Waals surface area contributed by atoms with E-state index in [1.165, 1.54) is 29.5 Å². The molecule has 0 aliphatic carbocycles. The molecule has 2 heterocycles. The van der Waals surface area contributed by atoms with E-state index in [0.717, 1.165) is 6.20 Å². The van der Waals surface area contributed by atoms with Gasteiger partial charge in [0, 0.05) is 11.5 Å². The number of halogens is 2. The van der Waals surface area contributed by atoms with Crippen LogP contribution in [0.3, 0.4) is 0 Å². The van der Waals surface area contributed by atoms with Gasteiger partial charge < -0.3 is 9.84 Å². The maximum atomic E-state index is 13.1. The van der Waals surface area contributed by atoms with E-state index in [0.29, 0.717) is 0 Å². The van der Waals surface area contributed by atoms with Crippen LogP contribution in [0.2, 0.25) is 0 Å². The van der Waals surface area contributed by atoms with Crippen LogP contribution in [-0.2, 0) is 0 Å². The van der Waals surface area contributed by atoms with Crippen molar-refractivity contribution in [2.75, 3.05) is 6.67 Å². The number of aliphatic hydroxyl groups excluding tert-OH is 1. The molecule has 0 fully saturated rings. The molecule has 0 saturated heterocycles. The van der Waals surface area contributed by atoms with Crippen LogP contribution in [-0.4, -0.2) is 37.6 Å². The van der Waals surface area contributed by atoms with E-state index in [2.05, 4.69) is 15.1 Å². The lowest BCUT2D eigenvalue weighted by Gasteiger charge is -2.33. The molecule has 0 aliphatic rings. The SMILES string of the molecule is CC(C)(CF)[C@H](O)[C@@H](Oc1ccc(F)cn1)n1cncn1. The number of alkyl halides is 1. The summed E-state index contributed by atoms with van der Waals surface area (Å²) in [7, 11) is 0. The van der Waals surface area contributed by atoms with Crippen LogP contribution in [0.25, 0.3) is 0 Å². The number of hydrogen-bond donors (Lipinski definition) is 1. The monoisotopic (exact) mass is 298 g/mol. The van der Waals surface area contributed by atoms with Crippen molar-refractivity contribution in [2.24, 2.45) is 5.41 Å². The number of nitrogens with zero attached hydrogens (tertiary/aromatic N) is 4. The van der Waals surface area contributed by atoms with Crippen molar-refractivity contribution in [1.82, 2.24) is 19.7 Å². The smallest absolute Gasteiger partial charge is 0.221 e. The Hall–Kier alpha value is -2.09. The third kappa shape index (κ3) is 3.52. The first-order valence-electron chi connectivity index (χ1n) is 6.30. The second-order valence-corrected chi connectivity index (χ2v) is 5.27. The van der Waals surface area contributed by atoms with E-state index in [-0.39, 0.29) is 5.88 Å². The van der Waals surface area contributed by atoms with Gasteiger partial charge in [0.2, 0.25) is 12.1 Å². The number of aromatic nitrogens is 4. The zero-order valence-electron chi connectivity index (χ0n) is 11.6. The minimum absolute atomic E-state index is 0.0885. The van der Waals surface area contributed by atoms with E-state index in [4.69, 9.17) is 4.74 Å². The van der Waals surface area contributed by atoms with Gasteiger partial charge in [-0.2, -0.15) is 5.10 Å². The van der Waals surface area contributed by atoms with Crippen LogP contribution < -0.4 is 4.74 Å². The van der Waals surface area contributed by atoms with Gasteiger partial charge in [0.05, 0.1) is 12.9 Å². The van der Waals surface area contributed by atoms with Gasteiger partial charge in [0.1, 0.15) is 24.6 Å². The molecular weight excluding hydrogens is 282 g/mol. The van der Waals surface area contributed by atoms with Crippen molar-refractivity contribution in [3.63, 3.8) is 0 Å². The van der Waals surface area contributed by atoms with Crippen molar-refractivity contribution in [3.8, 4) is 5.88 Å². The summed E-state index contributed by atoms with van der Waals surface area (Å²) in [5.41, 5.74) is -1.06. The first-order chi connectivity index (χ1) is 9.94. The first kappa shape index (κ1) is 15.3. The van der Waals surface area contributed by atoms with Gasteiger partial charge in [-0.1, -0.05) is 13.8 Å². The number of rotatable bonds is 6. The summed E-state index contributed by atoms with van der Waals surface area (Å²) in [6, 6.07) is 2.49. The molecule has 0 unspecified atom stereocenters. The largest absolute Gasteiger partial charge is 0.449 e. The third-order valence-corrected chi connectivity index (χ3v) is 3.05. The molecule has 0 spiro atoms. The molecule has 0 aliphatic heterocycles. The van der Waals surface area contributed by atoms with Gasteiger partial charge in [-0.3, -0.25) is 4.39 Å². The summed E-state index contributed by atoms with van der Waals surface area (Å²) in [6.45, 7) is 2.37. The molecule has 0 radical (unpaired) electrons. The van der Waals surface area contributed by atoms with E-state index < -0.39 is 30.2 Å². The highest BCUT2D eigenvalue weighted by Crippen LogP contribution is 2.30. The fourth-order valence-corrected chi connectivity index (χ4v) is 1.63. The Labute approximate surface area is 120 Å². The zero-order valence-corrected chi connectivity index (χ0v) is 11.6. The minimum Gasteiger partial charge on any atom is -0.449 e. The summed E-state index contributed by atoms with van der Waals surface area (Å²) in [5, 5.41) is 14.3. The summed E-state index contributed by atoms with van der Waals surface area (Å²) >= 11 is 0. The van der Waals surface area contributed by atoms with Crippen LogP contribution in [0.1, 0.15) is 20.1 Å². The lowest BCUT2D eigenvalue weighted by Crippen LogP contribution is -2.41. The van der Waals surface area contributed by atoms with Gasteiger partial charge in [0.25, 0.3) is 0 Å². The van der Waals surface area contributed by atoms with Crippen LogP contribution in [0, 0.1) is 11.2 Å². The van der Waals surface area contributed by atoms with Crippen molar-refractivity contribution in [1.29, 1.82) is 0 Å². The molecule has 0 saturated carbocycles. The van der Waals surface area contributed by atoms with E-state index in [9.17, 15) is 13.9 Å². The van der Waals surface area contributed by atoms with E-state index in [1.54, 1.807) is 13.8 Å². The normalized spacial score (nSPS) is 14.7. The third-order valence-electron chi connectivity index (χ3n) is 3.05. The summed E-state index contributed by atoms with van der Waals surface area (Å²) < 4.78 is 32.7. The first-order valence-corrected chi connectivity index (χ1v) is 6.30. The predicted molar refractivity (Wildman–Crippen MR) is 69.6 cm³/mol. The molecule has 6 nitrogen and oxygen atoms in total. The van der Waals surface area contributed by atoms with Gasteiger partial charge >= 0.3 is 0 Å². The standard InChI is InChI=1S/C13H16F2N4O2/c1-13(2,6-14)11(20)12(19-8-16-7-18-19)21-10-4-3-9(15)5-17-10/h3-5,7-8,11-12,20H,6H2,1-2H3/t11-,12-/m1/s1. The van der Waals surface area contributed by atoms with Crippen LogP contribution in [0.4, 0.5) is 8.78 Å². The van der Waals surface area contributed by atoms with Crippen LogP contribution in [0.15, 0.2) is 31.0 Å². The van der Waals surface area contributed by atoms with Crippen molar-refractivity contribution in [3.05, 3.63) is 36.8 Å². The van der Waals surface area contributed by atoms with Gasteiger partial charge in [0.15, 0.2) is 0 Å². The van der Waals surface area contributed by atoms with Crippen molar-refractivity contribution >= 4 is 0 Å². The van der Waals surface area contributed by atoms with Crippen LogP contribution >= 0.6 is 0 Å². The molecule has 2 atom stereocenters. The average molecular weight is 298 g/mol. The molecular formula is C13H16F2N4O2. The molecule has 2 rings (SSSR count). The Bertz CT molecular complexity index is 560. The lowest BCUT2D eigenvalue weighted by molar-refractivity contribution is -0.0874. The van der Waals surface area contributed by atoms with Gasteiger partial charge in [-0.05, 0) is 6.07 Å². The highest BCUT2D eigenvalue weighted by atomic mass is 19.1. The Morgan fingerprint density at radius 1 is 1.43 bits per heavy atom. The number of aliphatic hydroxyl groups is 1. The van der Waals surface area contributed by atoms with Crippen molar-refractivity contribution < 1.29 is 18.6 Å². The molecule has 2 aromatic rings. The molecule has 0 bridgehead atoms. The molecule has 1 N–H and O–H groups in total. The Balaban J connectivity index is 2.27. The summed E-state index contributed by atoms with van der Waals surface area (Å²) in [6.07, 6.45) is 1.35. The van der Waals surface area contributed by atoms with Crippen LogP contribution in [0.5, 0.6) is 5.88 Å². The summed E-state index contributed by atoms with van der Waals surface area (Å²) in [5.74, 6) is -0.421. The minimum atomic E-state index is -1.21. The molecule has 2 aromatic heterocycles. The Kier molecular flexibility index (Phi) is 4.46. The van der Waals surface area contributed by atoms with E-state index >= 15 is 0 Å².